The molecule has 0 bridgehead atoms. The predicted molar refractivity (Wildman–Crippen MR) is 107 cm³/mol. The third-order valence-corrected chi connectivity index (χ3v) is 6.21. The molecule has 0 saturated carbocycles. The highest BCUT2D eigenvalue weighted by molar-refractivity contribution is 6.08. The quantitative estimate of drug-likeness (QED) is 0.698. The van der Waals surface area contributed by atoms with Crippen LogP contribution in [-0.2, 0) is 17.3 Å². The molecule has 0 radical (unpaired) electrons. The number of para-hydroxylation sites is 1. The molecule has 10 heteroatoms. The number of aromatic nitrogens is 4. The fourth-order valence-corrected chi connectivity index (χ4v) is 4.89. The number of nitrogens with zero attached hydrogens (tertiary/aromatic N) is 5. The molecule has 2 unspecified atom stereocenters. The molecule has 160 valence electrons. The molecule has 8 nitrogen and oxygen atoms in total. The summed E-state index contributed by atoms with van der Waals surface area (Å²) < 4.78 is 28.5. The minimum Gasteiger partial charge on any atom is -0.329 e. The van der Waals surface area contributed by atoms with Crippen molar-refractivity contribution in [2.45, 2.75) is 31.4 Å². The summed E-state index contributed by atoms with van der Waals surface area (Å²) >= 11 is 0. The SMILES string of the molecule is Cc1cc(C(=O)N2CCC3(C(=O)Nc4ccccc43)C2c2cnn(C)c2)nn1C(F)F. The van der Waals surface area contributed by atoms with Crippen molar-refractivity contribution >= 4 is 17.5 Å². The fourth-order valence-electron chi connectivity index (χ4n) is 4.89. The van der Waals surface area contributed by atoms with Crippen LogP contribution in [0.5, 0.6) is 0 Å². The molecular formula is C21H20F2N6O2. The van der Waals surface area contributed by atoms with Crippen LogP contribution in [0.3, 0.4) is 0 Å². The van der Waals surface area contributed by atoms with Gasteiger partial charge in [0.15, 0.2) is 5.69 Å². The predicted octanol–water partition coefficient (Wildman–Crippen LogP) is 2.80. The van der Waals surface area contributed by atoms with Gasteiger partial charge in [-0.3, -0.25) is 14.3 Å². The average Bonchev–Trinajstić information content (AvgIpc) is 3.48. The van der Waals surface area contributed by atoms with E-state index in [9.17, 15) is 18.4 Å². The highest BCUT2D eigenvalue weighted by Gasteiger charge is 2.59. The molecule has 2 aromatic heterocycles. The van der Waals surface area contributed by atoms with Gasteiger partial charge in [-0.1, -0.05) is 18.2 Å². The zero-order valence-electron chi connectivity index (χ0n) is 16.9. The maximum absolute atomic E-state index is 13.4. The molecule has 0 aliphatic carbocycles. The van der Waals surface area contributed by atoms with E-state index in [1.165, 1.54) is 13.0 Å². The minimum atomic E-state index is -2.84. The Labute approximate surface area is 176 Å². The first-order chi connectivity index (χ1) is 14.8. The summed E-state index contributed by atoms with van der Waals surface area (Å²) in [6.07, 6.45) is 3.81. The minimum absolute atomic E-state index is 0.0737. The van der Waals surface area contributed by atoms with Crippen LogP contribution < -0.4 is 5.32 Å². The van der Waals surface area contributed by atoms with Crippen LogP contribution in [0, 0.1) is 6.92 Å². The second-order valence-electron chi connectivity index (χ2n) is 7.96. The van der Waals surface area contributed by atoms with Gasteiger partial charge in [-0.05, 0) is 31.0 Å². The molecular weight excluding hydrogens is 406 g/mol. The van der Waals surface area contributed by atoms with E-state index in [-0.39, 0.29) is 23.8 Å². The summed E-state index contributed by atoms with van der Waals surface area (Å²) in [5.74, 6) is -0.683. The van der Waals surface area contributed by atoms with Crippen molar-refractivity contribution in [3.63, 3.8) is 0 Å². The molecule has 1 saturated heterocycles. The van der Waals surface area contributed by atoms with Crippen molar-refractivity contribution in [3.8, 4) is 0 Å². The number of carbonyl (C=O) groups is 2. The number of benzene rings is 1. The number of fused-ring (bicyclic) bond motifs is 2. The Morgan fingerprint density at radius 2 is 2.10 bits per heavy atom. The molecule has 1 spiro atoms. The van der Waals surface area contributed by atoms with E-state index in [0.717, 1.165) is 5.56 Å². The summed E-state index contributed by atoms with van der Waals surface area (Å²) in [7, 11) is 1.76. The summed E-state index contributed by atoms with van der Waals surface area (Å²) in [5.41, 5.74) is 1.36. The maximum atomic E-state index is 13.4. The first kappa shape index (κ1) is 19.4. The summed E-state index contributed by atoms with van der Waals surface area (Å²) in [6.45, 7) is -1.09. The van der Waals surface area contributed by atoms with Gasteiger partial charge in [-0.15, -0.1) is 0 Å². The topological polar surface area (TPSA) is 85.1 Å². The van der Waals surface area contributed by atoms with Gasteiger partial charge < -0.3 is 10.2 Å². The molecule has 2 aliphatic rings. The van der Waals surface area contributed by atoms with E-state index in [2.05, 4.69) is 15.5 Å². The monoisotopic (exact) mass is 426 g/mol. The van der Waals surface area contributed by atoms with Crippen molar-refractivity contribution in [3.05, 3.63) is 65.2 Å². The van der Waals surface area contributed by atoms with Crippen molar-refractivity contribution < 1.29 is 18.4 Å². The van der Waals surface area contributed by atoms with Crippen LogP contribution in [0.1, 0.15) is 46.3 Å². The smallest absolute Gasteiger partial charge is 0.329 e. The van der Waals surface area contributed by atoms with Gasteiger partial charge in [0.1, 0.15) is 5.41 Å². The van der Waals surface area contributed by atoms with Crippen LogP contribution in [0.15, 0.2) is 42.7 Å². The number of amides is 2. The largest absolute Gasteiger partial charge is 0.333 e. The van der Waals surface area contributed by atoms with Crippen LogP contribution in [0.25, 0.3) is 0 Å². The molecule has 31 heavy (non-hydrogen) atoms. The molecule has 2 atom stereocenters. The van der Waals surface area contributed by atoms with E-state index < -0.39 is 23.9 Å². The number of alkyl halides is 2. The Kier molecular flexibility index (Phi) is 4.21. The summed E-state index contributed by atoms with van der Waals surface area (Å²) in [6, 6.07) is 8.13. The maximum Gasteiger partial charge on any atom is 0.333 e. The lowest BCUT2D eigenvalue weighted by Gasteiger charge is -2.33. The normalized spacial score (nSPS) is 22.4. The summed E-state index contributed by atoms with van der Waals surface area (Å²) in [4.78, 5) is 28.3. The van der Waals surface area contributed by atoms with Gasteiger partial charge in [0.25, 0.3) is 5.91 Å². The number of rotatable bonds is 3. The second-order valence-corrected chi connectivity index (χ2v) is 7.96. The zero-order valence-corrected chi connectivity index (χ0v) is 16.9. The van der Waals surface area contributed by atoms with E-state index in [1.807, 2.05) is 24.3 Å². The van der Waals surface area contributed by atoms with Gasteiger partial charge >= 0.3 is 6.55 Å². The van der Waals surface area contributed by atoms with E-state index >= 15 is 0 Å². The molecule has 1 aromatic carbocycles. The Morgan fingerprint density at radius 1 is 1.32 bits per heavy atom. The first-order valence-electron chi connectivity index (χ1n) is 9.87. The molecule has 5 rings (SSSR count). The lowest BCUT2D eigenvalue weighted by Crippen LogP contribution is -2.42. The highest BCUT2D eigenvalue weighted by Crippen LogP contribution is 2.54. The fraction of sp³-hybridized carbons (Fsp3) is 0.333. The Bertz CT molecular complexity index is 1200. The standard InChI is InChI=1S/C21H20F2N6O2/c1-12-9-16(26-29(12)20(22)23)18(30)28-8-7-21(17(28)13-10-24-27(2)11-13)14-5-3-4-6-15(14)25-19(21)31/h3-6,9-11,17,20H,7-8H2,1-2H3,(H,25,31). The Hall–Kier alpha value is -3.56. The molecule has 3 aromatic rings. The lowest BCUT2D eigenvalue weighted by atomic mass is 9.73. The molecule has 2 aliphatic heterocycles. The van der Waals surface area contributed by atoms with E-state index in [0.29, 0.717) is 22.4 Å². The number of anilines is 1. The molecule has 1 fully saturated rings. The second kappa shape index (κ2) is 6.73. The number of likely N-dealkylation sites (tertiary alicyclic amines) is 1. The van der Waals surface area contributed by atoms with Crippen LogP contribution >= 0.6 is 0 Å². The van der Waals surface area contributed by atoms with Gasteiger partial charge in [0, 0.05) is 36.7 Å². The lowest BCUT2D eigenvalue weighted by molar-refractivity contribution is -0.121. The van der Waals surface area contributed by atoms with Crippen molar-refractivity contribution in [2.24, 2.45) is 7.05 Å². The third-order valence-electron chi connectivity index (χ3n) is 6.21. The molecule has 4 heterocycles. The number of aryl methyl sites for hydroxylation is 2. The van der Waals surface area contributed by atoms with Gasteiger partial charge in [-0.25, -0.2) is 4.68 Å². The number of hydrogen-bond donors (Lipinski definition) is 1. The van der Waals surface area contributed by atoms with E-state index in [4.69, 9.17) is 0 Å². The van der Waals surface area contributed by atoms with Crippen LogP contribution in [-0.4, -0.2) is 42.8 Å². The van der Waals surface area contributed by atoms with Crippen molar-refractivity contribution in [1.29, 1.82) is 0 Å². The molecule has 2 amide bonds. The third kappa shape index (κ3) is 2.70. The number of carbonyl (C=O) groups excluding carboxylic acids is 2. The number of hydrogen-bond acceptors (Lipinski definition) is 4. The first-order valence-corrected chi connectivity index (χ1v) is 9.87. The zero-order chi connectivity index (χ0) is 21.9. The van der Waals surface area contributed by atoms with Gasteiger partial charge in [0.05, 0.1) is 12.2 Å². The number of nitrogens with one attached hydrogen (secondary N) is 1. The van der Waals surface area contributed by atoms with Crippen LogP contribution in [0.2, 0.25) is 0 Å². The summed E-state index contributed by atoms with van der Waals surface area (Å²) in [5, 5.41) is 11.0. The van der Waals surface area contributed by atoms with Gasteiger partial charge in [0.2, 0.25) is 5.91 Å². The molecule has 1 N–H and O–H groups in total. The van der Waals surface area contributed by atoms with E-state index in [1.54, 1.807) is 29.0 Å². The number of halogens is 2. The highest BCUT2D eigenvalue weighted by atomic mass is 19.3. The van der Waals surface area contributed by atoms with Gasteiger partial charge in [-0.2, -0.15) is 19.0 Å². The Balaban J connectivity index is 1.63. The Morgan fingerprint density at radius 3 is 2.77 bits per heavy atom. The van der Waals surface area contributed by atoms with Crippen LogP contribution in [0.4, 0.5) is 14.5 Å². The van der Waals surface area contributed by atoms with Crippen molar-refractivity contribution in [1.82, 2.24) is 24.5 Å². The van der Waals surface area contributed by atoms with Crippen molar-refractivity contribution in [2.75, 3.05) is 11.9 Å². The average molecular weight is 426 g/mol.